The molecule has 3 heterocycles. The number of likely N-dealkylation sites (tertiary alicyclic amines) is 2. The Balaban J connectivity index is 1.35. The Bertz CT molecular complexity index is 632. The van der Waals surface area contributed by atoms with Crippen molar-refractivity contribution in [2.45, 2.75) is 50.6 Å². The number of fused-ring (bicyclic) bond motifs is 2. The van der Waals surface area contributed by atoms with Gasteiger partial charge in [-0.25, -0.2) is 4.79 Å². The predicted molar refractivity (Wildman–Crippen MR) is 102 cm³/mol. The first kappa shape index (κ1) is 17.8. The summed E-state index contributed by atoms with van der Waals surface area (Å²) >= 11 is 0. The van der Waals surface area contributed by atoms with E-state index >= 15 is 0 Å². The second kappa shape index (κ2) is 7.57. The van der Waals surface area contributed by atoms with Gasteiger partial charge in [0.1, 0.15) is 0 Å². The Morgan fingerprint density at radius 2 is 1.92 bits per heavy atom. The standard InChI is InChI=1S/C21H31N3O2/c1-2-26-20(25)24-11-7-18(8-12-24)23-13-9-21(10-14-23)16-22-15-17-5-3-4-6-19(17)21/h3-6,18,22H,2,7-16H2,1H3. The maximum atomic E-state index is 11.9. The second-order valence-corrected chi connectivity index (χ2v) is 7.99. The third-order valence-electron chi connectivity index (χ3n) is 6.63. The number of rotatable bonds is 2. The number of ether oxygens (including phenoxy) is 1. The molecule has 1 aromatic rings. The van der Waals surface area contributed by atoms with Crippen LogP contribution in [-0.2, 0) is 16.7 Å². The molecular weight excluding hydrogens is 326 g/mol. The summed E-state index contributed by atoms with van der Waals surface area (Å²) in [5, 5.41) is 3.65. The number of benzene rings is 1. The maximum Gasteiger partial charge on any atom is 0.409 e. The van der Waals surface area contributed by atoms with E-state index in [2.05, 4.69) is 34.5 Å². The highest BCUT2D eigenvalue weighted by Gasteiger charge is 2.41. The first-order valence-electron chi connectivity index (χ1n) is 10.2. The lowest BCUT2D eigenvalue weighted by molar-refractivity contribution is 0.0548. The number of hydrogen-bond acceptors (Lipinski definition) is 4. The third kappa shape index (κ3) is 3.35. The van der Waals surface area contributed by atoms with Gasteiger partial charge in [-0.2, -0.15) is 0 Å². The van der Waals surface area contributed by atoms with Crippen LogP contribution >= 0.6 is 0 Å². The summed E-state index contributed by atoms with van der Waals surface area (Å²) in [4.78, 5) is 16.4. The van der Waals surface area contributed by atoms with E-state index in [1.807, 2.05) is 11.8 Å². The number of nitrogens with one attached hydrogen (secondary N) is 1. The molecule has 1 N–H and O–H groups in total. The second-order valence-electron chi connectivity index (χ2n) is 7.99. The normalized spacial score (nSPS) is 23.7. The van der Waals surface area contributed by atoms with Crippen molar-refractivity contribution in [3.63, 3.8) is 0 Å². The Kier molecular flexibility index (Phi) is 5.18. The van der Waals surface area contributed by atoms with Crippen molar-refractivity contribution in [3.8, 4) is 0 Å². The van der Waals surface area contributed by atoms with Gasteiger partial charge in [0.05, 0.1) is 6.61 Å². The van der Waals surface area contributed by atoms with Crippen molar-refractivity contribution in [1.82, 2.24) is 15.1 Å². The average molecular weight is 357 g/mol. The van der Waals surface area contributed by atoms with Gasteiger partial charge in [0.25, 0.3) is 0 Å². The van der Waals surface area contributed by atoms with Crippen LogP contribution in [0.5, 0.6) is 0 Å². The molecule has 5 nitrogen and oxygen atoms in total. The Morgan fingerprint density at radius 1 is 1.19 bits per heavy atom. The van der Waals surface area contributed by atoms with Crippen LogP contribution in [0.2, 0.25) is 0 Å². The van der Waals surface area contributed by atoms with Crippen molar-refractivity contribution in [1.29, 1.82) is 0 Å². The number of amides is 1. The SMILES string of the molecule is CCOC(=O)N1CCC(N2CCC3(CC2)CNCc2ccccc23)CC1. The van der Waals surface area contributed by atoms with Gasteiger partial charge in [-0.05, 0) is 56.8 Å². The number of hydrogen-bond donors (Lipinski definition) is 1. The maximum absolute atomic E-state index is 11.9. The highest BCUT2D eigenvalue weighted by molar-refractivity contribution is 5.67. The van der Waals surface area contributed by atoms with Crippen LogP contribution in [-0.4, -0.2) is 61.3 Å². The van der Waals surface area contributed by atoms with E-state index in [-0.39, 0.29) is 6.09 Å². The van der Waals surface area contributed by atoms with E-state index in [1.54, 1.807) is 5.56 Å². The molecule has 2 fully saturated rings. The molecule has 3 aliphatic rings. The monoisotopic (exact) mass is 357 g/mol. The Morgan fingerprint density at radius 3 is 2.65 bits per heavy atom. The number of carbonyl (C=O) groups excluding carboxylic acids is 1. The fraction of sp³-hybridized carbons (Fsp3) is 0.667. The minimum atomic E-state index is -0.145. The van der Waals surface area contributed by atoms with Gasteiger partial charge in [-0.1, -0.05) is 24.3 Å². The molecule has 0 atom stereocenters. The van der Waals surface area contributed by atoms with Gasteiger partial charge in [-0.3, -0.25) is 0 Å². The molecule has 2 saturated heterocycles. The summed E-state index contributed by atoms with van der Waals surface area (Å²) < 4.78 is 5.14. The molecule has 26 heavy (non-hydrogen) atoms. The molecule has 0 bridgehead atoms. The molecule has 1 amide bonds. The van der Waals surface area contributed by atoms with E-state index < -0.39 is 0 Å². The van der Waals surface area contributed by atoms with Crippen LogP contribution in [0.15, 0.2) is 24.3 Å². The third-order valence-corrected chi connectivity index (χ3v) is 6.63. The largest absolute Gasteiger partial charge is 0.450 e. The summed E-state index contributed by atoms with van der Waals surface area (Å²) in [5.74, 6) is 0. The van der Waals surface area contributed by atoms with Gasteiger partial charge >= 0.3 is 6.09 Å². The van der Waals surface area contributed by atoms with E-state index in [0.717, 1.165) is 39.0 Å². The molecule has 3 aliphatic heterocycles. The molecule has 5 heteroatoms. The van der Waals surface area contributed by atoms with Crippen LogP contribution < -0.4 is 5.32 Å². The summed E-state index contributed by atoms with van der Waals surface area (Å²) in [6.45, 7) is 8.44. The van der Waals surface area contributed by atoms with Crippen molar-refractivity contribution in [2.24, 2.45) is 0 Å². The smallest absolute Gasteiger partial charge is 0.409 e. The first-order chi connectivity index (χ1) is 12.7. The lowest BCUT2D eigenvalue weighted by Gasteiger charge is -2.48. The van der Waals surface area contributed by atoms with E-state index in [1.165, 1.54) is 31.5 Å². The quantitative estimate of drug-likeness (QED) is 0.884. The zero-order valence-corrected chi connectivity index (χ0v) is 15.9. The summed E-state index contributed by atoms with van der Waals surface area (Å²) in [7, 11) is 0. The summed E-state index contributed by atoms with van der Waals surface area (Å²) in [6.07, 6.45) is 4.46. The van der Waals surface area contributed by atoms with Crippen LogP contribution in [0.4, 0.5) is 4.79 Å². The van der Waals surface area contributed by atoms with Gasteiger partial charge in [0.15, 0.2) is 0 Å². The fourth-order valence-corrected chi connectivity index (χ4v) is 5.12. The van der Waals surface area contributed by atoms with Crippen LogP contribution in [0.3, 0.4) is 0 Å². The summed E-state index contributed by atoms with van der Waals surface area (Å²) in [6, 6.07) is 9.60. The molecule has 0 saturated carbocycles. The molecule has 1 aromatic carbocycles. The van der Waals surface area contributed by atoms with Gasteiger partial charge in [0.2, 0.25) is 0 Å². The van der Waals surface area contributed by atoms with Crippen LogP contribution in [0.25, 0.3) is 0 Å². The van der Waals surface area contributed by atoms with Crippen molar-refractivity contribution in [2.75, 3.05) is 39.3 Å². The predicted octanol–water partition coefficient (Wildman–Crippen LogP) is 2.74. The van der Waals surface area contributed by atoms with Gasteiger partial charge < -0.3 is 19.9 Å². The molecule has 0 aliphatic carbocycles. The Hall–Kier alpha value is -1.59. The minimum absolute atomic E-state index is 0.145. The molecule has 0 aromatic heterocycles. The molecule has 4 rings (SSSR count). The van der Waals surface area contributed by atoms with Crippen molar-refractivity contribution in [3.05, 3.63) is 35.4 Å². The zero-order valence-electron chi connectivity index (χ0n) is 15.9. The lowest BCUT2D eigenvalue weighted by Crippen LogP contribution is -2.54. The van der Waals surface area contributed by atoms with Crippen LogP contribution in [0.1, 0.15) is 43.7 Å². The van der Waals surface area contributed by atoms with Gasteiger partial charge in [-0.15, -0.1) is 0 Å². The Labute approximate surface area is 156 Å². The first-order valence-corrected chi connectivity index (χ1v) is 10.2. The van der Waals surface area contributed by atoms with Gasteiger partial charge in [0, 0.05) is 37.6 Å². The van der Waals surface area contributed by atoms with Crippen molar-refractivity contribution >= 4 is 6.09 Å². The van der Waals surface area contributed by atoms with E-state index in [0.29, 0.717) is 18.1 Å². The highest BCUT2D eigenvalue weighted by Crippen LogP contribution is 2.40. The highest BCUT2D eigenvalue weighted by atomic mass is 16.6. The molecule has 142 valence electrons. The molecule has 0 radical (unpaired) electrons. The average Bonchev–Trinajstić information content (AvgIpc) is 2.69. The topological polar surface area (TPSA) is 44.8 Å². The number of carbonyl (C=O) groups is 1. The van der Waals surface area contributed by atoms with Crippen LogP contribution in [0, 0.1) is 0 Å². The zero-order chi connectivity index (χ0) is 18.0. The fourth-order valence-electron chi connectivity index (χ4n) is 5.12. The van der Waals surface area contributed by atoms with E-state index in [4.69, 9.17) is 4.74 Å². The van der Waals surface area contributed by atoms with Crippen molar-refractivity contribution < 1.29 is 9.53 Å². The molecular formula is C21H31N3O2. The number of nitrogens with zero attached hydrogens (tertiary/aromatic N) is 2. The molecule has 0 unspecified atom stereocenters. The minimum Gasteiger partial charge on any atom is -0.450 e. The lowest BCUT2D eigenvalue weighted by atomic mass is 9.69. The summed E-state index contributed by atoms with van der Waals surface area (Å²) in [5.41, 5.74) is 3.38. The molecule has 1 spiro atoms. The number of piperidine rings is 2. The van der Waals surface area contributed by atoms with E-state index in [9.17, 15) is 4.79 Å².